The molecule has 0 aromatic carbocycles. The van der Waals surface area contributed by atoms with Gasteiger partial charge in [-0.2, -0.15) is 0 Å². The largest absolute Gasteiger partial charge is 0.456 e. The van der Waals surface area contributed by atoms with Crippen molar-refractivity contribution in [3.63, 3.8) is 0 Å². The zero-order valence-corrected chi connectivity index (χ0v) is 18.5. The Hall–Kier alpha value is -3.89. The number of ether oxygens (including phenoxy) is 1. The zero-order valence-electron chi connectivity index (χ0n) is 18.5. The Labute approximate surface area is 194 Å². The number of carbonyl (C=O) groups excluding carboxylic acids is 2. The van der Waals surface area contributed by atoms with E-state index in [9.17, 15) is 18.4 Å². The number of imide groups is 1. The number of alkyl halides is 2. The van der Waals surface area contributed by atoms with E-state index in [0.29, 0.717) is 22.8 Å². The molecule has 2 aliphatic rings. The summed E-state index contributed by atoms with van der Waals surface area (Å²) in [7, 11) is 1.63. The van der Waals surface area contributed by atoms with Gasteiger partial charge in [-0.1, -0.05) is 0 Å². The average Bonchev–Trinajstić information content (AvgIpc) is 3.31. The standard InChI is InChI=1S/C23H24F2N6O3/c1-27-12-15(11-26)18-10-16(4-8-28-18)34-17-2-3-19(29-13-17)30-21(33)31-9-7-22(20(31)32)5-6-23(24,25)14-22/h2-4,8,10-13H,5-7,9,14,26H2,1H3,(H,29,30,33). The number of anilines is 1. The lowest BCUT2D eigenvalue weighted by Gasteiger charge is -2.22. The van der Waals surface area contributed by atoms with Crippen LogP contribution in [0.3, 0.4) is 0 Å². The SMILES string of the molecule is CN=CC(=CN)c1cc(Oc2ccc(NC(=O)N3CCC4(CCC(F)(F)C4)C3=O)nc2)ccn1. The number of pyridine rings is 2. The minimum Gasteiger partial charge on any atom is -0.456 e. The zero-order chi connectivity index (χ0) is 24.3. The lowest BCUT2D eigenvalue weighted by Crippen LogP contribution is -2.40. The first-order chi connectivity index (χ1) is 16.2. The smallest absolute Gasteiger partial charge is 0.329 e. The summed E-state index contributed by atoms with van der Waals surface area (Å²) in [5, 5.41) is 2.54. The lowest BCUT2D eigenvalue weighted by molar-refractivity contribution is -0.134. The molecular formula is C23H24F2N6O3. The molecule has 0 radical (unpaired) electrons. The Morgan fingerprint density at radius 1 is 1.24 bits per heavy atom. The molecule has 1 saturated carbocycles. The van der Waals surface area contributed by atoms with Crippen molar-refractivity contribution in [1.29, 1.82) is 0 Å². The fraction of sp³-hybridized carbons (Fsp3) is 0.348. The van der Waals surface area contributed by atoms with Crippen LogP contribution in [0.1, 0.15) is 31.4 Å². The number of likely N-dealkylation sites (tertiary alicyclic amines) is 1. The van der Waals surface area contributed by atoms with Crippen LogP contribution in [0.5, 0.6) is 11.5 Å². The summed E-state index contributed by atoms with van der Waals surface area (Å²) >= 11 is 0. The van der Waals surface area contributed by atoms with Gasteiger partial charge in [-0.3, -0.25) is 25.0 Å². The highest BCUT2D eigenvalue weighted by atomic mass is 19.3. The van der Waals surface area contributed by atoms with Crippen molar-refractivity contribution in [3.05, 3.63) is 48.6 Å². The van der Waals surface area contributed by atoms with E-state index in [1.54, 1.807) is 37.7 Å². The van der Waals surface area contributed by atoms with Crippen LogP contribution in [0.15, 0.2) is 47.9 Å². The summed E-state index contributed by atoms with van der Waals surface area (Å²) in [6.45, 7) is 0.105. The molecule has 3 amide bonds. The predicted octanol–water partition coefficient (Wildman–Crippen LogP) is 3.84. The van der Waals surface area contributed by atoms with Gasteiger partial charge in [0.15, 0.2) is 0 Å². The summed E-state index contributed by atoms with van der Waals surface area (Å²) in [4.78, 5) is 38.6. The minimum absolute atomic E-state index is 0.0947. The molecule has 34 heavy (non-hydrogen) atoms. The normalized spacial score (nSPS) is 22.0. The van der Waals surface area contributed by atoms with Gasteiger partial charge < -0.3 is 10.5 Å². The van der Waals surface area contributed by atoms with E-state index in [1.807, 2.05) is 0 Å². The number of hydrogen-bond acceptors (Lipinski definition) is 7. The number of rotatable bonds is 5. The van der Waals surface area contributed by atoms with Crippen LogP contribution in [0, 0.1) is 5.41 Å². The van der Waals surface area contributed by atoms with Crippen molar-refractivity contribution in [1.82, 2.24) is 14.9 Å². The molecule has 1 saturated heterocycles. The number of halogens is 2. The van der Waals surface area contributed by atoms with Gasteiger partial charge in [0.25, 0.3) is 0 Å². The Kier molecular flexibility index (Phi) is 6.27. The van der Waals surface area contributed by atoms with Crippen LogP contribution in [0.25, 0.3) is 5.57 Å². The number of carbonyl (C=O) groups is 2. The Bertz CT molecular complexity index is 1150. The molecule has 1 aliphatic heterocycles. The first-order valence-electron chi connectivity index (χ1n) is 10.7. The second kappa shape index (κ2) is 9.16. The van der Waals surface area contributed by atoms with E-state index < -0.39 is 29.7 Å². The molecular weight excluding hydrogens is 446 g/mol. The van der Waals surface area contributed by atoms with Crippen molar-refractivity contribution < 1.29 is 23.1 Å². The minimum atomic E-state index is -2.86. The maximum absolute atomic E-state index is 13.7. The molecule has 2 fully saturated rings. The number of aliphatic imine (C=N–C) groups is 1. The highest BCUT2D eigenvalue weighted by Gasteiger charge is 2.58. The molecule has 0 bridgehead atoms. The number of nitrogens with two attached hydrogens (primary N) is 1. The van der Waals surface area contributed by atoms with E-state index in [-0.39, 0.29) is 31.6 Å². The summed E-state index contributed by atoms with van der Waals surface area (Å²) < 4.78 is 33.2. The fourth-order valence-electron chi connectivity index (χ4n) is 4.30. The Morgan fingerprint density at radius 2 is 2.06 bits per heavy atom. The first kappa shape index (κ1) is 23.3. The molecule has 4 rings (SSSR count). The molecule has 1 aliphatic carbocycles. The summed E-state index contributed by atoms with van der Waals surface area (Å²) in [6.07, 6.45) is 5.46. The topological polar surface area (TPSA) is 123 Å². The number of nitrogens with zero attached hydrogens (tertiary/aromatic N) is 4. The van der Waals surface area contributed by atoms with E-state index in [2.05, 4.69) is 20.3 Å². The molecule has 9 nitrogen and oxygen atoms in total. The van der Waals surface area contributed by atoms with Crippen LogP contribution >= 0.6 is 0 Å². The monoisotopic (exact) mass is 470 g/mol. The van der Waals surface area contributed by atoms with Crippen LogP contribution in [0.4, 0.5) is 19.4 Å². The molecule has 3 N–H and O–H groups in total. The molecule has 11 heteroatoms. The average molecular weight is 470 g/mol. The highest BCUT2D eigenvalue weighted by Crippen LogP contribution is 2.52. The number of nitrogens with one attached hydrogen (secondary N) is 1. The molecule has 1 atom stereocenters. The van der Waals surface area contributed by atoms with Crippen molar-refractivity contribution in [2.45, 2.75) is 31.6 Å². The number of hydrogen-bond donors (Lipinski definition) is 2. The molecule has 3 heterocycles. The van der Waals surface area contributed by atoms with E-state index in [0.717, 1.165) is 4.90 Å². The van der Waals surface area contributed by atoms with Gasteiger partial charge in [-0.15, -0.1) is 0 Å². The third-order valence-corrected chi connectivity index (χ3v) is 6.01. The summed E-state index contributed by atoms with van der Waals surface area (Å²) in [6, 6.07) is 5.79. The van der Waals surface area contributed by atoms with Gasteiger partial charge in [0.2, 0.25) is 11.8 Å². The van der Waals surface area contributed by atoms with Crippen molar-refractivity contribution >= 4 is 29.5 Å². The first-order valence-corrected chi connectivity index (χ1v) is 10.7. The van der Waals surface area contributed by atoms with Gasteiger partial charge in [-0.25, -0.2) is 18.6 Å². The number of aromatic nitrogens is 2. The predicted molar refractivity (Wildman–Crippen MR) is 122 cm³/mol. The second-order valence-electron chi connectivity index (χ2n) is 8.32. The third kappa shape index (κ3) is 4.73. The molecule has 1 spiro atoms. The van der Waals surface area contributed by atoms with E-state index >= 15 is 0 Å². The summed E-state index contributed by atoms with van der Waals surface area (Å²) in [5.74, 6) is -2.31. The van der Waals surface area contributed by atoms with Gasteiger partial charge in [0.1, 0.15) is 17.3 Å². The lowest BCUT2D eigenvalue weighted by atomic mass is 9.84. The van der Waals surface area contributed by atoms with Gasteiger partial charge in [0, 0.05) is 56.7 Å². The molecule has 1 unspecified atom stereocenters. The van der Waals surface area contributed by atoms with Crippen LogP contribution < -0.4 is 15.8 Å². The third-order valence-electron chi connectivity index (χ3n) is 6.01. The highest BCUT2D eigenvalue weighted by molar-refractivity contribution is 6.08. The molecule has 178 valence electrons. The fourth-order valence-corrected chi connectivity index (χ4v) is 4.30. The Morgan fingerprint density at radius 3 is 2.71 bits per heavy atom. The maximum Gasteiger partial charge on any atom is 0.329 e. The van der Waals surface area contributed by atoms with Crippen LogP contribution in [-0.4, -0.2) is 52.5 Å². The number of urea groups is 1. The van der Waals surface area contributed by atoms with Gasteiger partial charge in [0.05, 0.1) is 17.3 Å². The Balaban J connectivity index is 1.38. The number of allylic oxidation sites excluding steroid dienone is 1. The van der Waals surface area contributed by atoms with Crippen molar-refractivity contribution in [2.24, 2.45) is 16.1 Å². The maximum atomic E-state index is 13.7. The van der Waals surface area contributed by atoms with E-state index in [4.69, 9.17) is 10.5 Å². The summed E-state index contributed by atoms with van der Waals surface area (Å²) in [5.41, 5.74) is 5.68. The second-order valence-corrected chi connectivity index (χ2v) is 8.32. The number of amides is 3. The quantitative estimate of drug-likeness (QED) is 0.640. The van der Waals surface area contributed by atoms with Gasteiger partial charge >= 0.3 is 6.03 Å². The van der Waals surface area contributed by atoms with E-state index in [1.165, 1.54) is 18.5 Å². The molecule has 2 aromatic heterocycles. The van der Waals surface area contributed by atoms with Crippen molar-refractivity contribution in [3.8, 4) is 11.5 Å². The molecule has 2 aromatic rings. The van der Waals surface area contributed by atoms with Crippen LogP contribution in [0.2, 0.25) is 0 Å². The van der Waals surface area contributed by atoms with Gasteiger partial charge in [-0.05, 0) is 31.0 Å². The van der Waals surface area contributed by atoms with Crippen LogP contribution in [-0.2, 0) is 4.79 Å². The van der Waals surface area contributed by atoms with Crippen molar-refractivity contribution in [2.75, 3.05) is 18.9 Å².